The van der Waals surface area contributed by atoms with Crippen LogP contribution in [-0.4, -0.2) is 31.2 Å². The number of nitrogens with one attached hydrogen (secondary N) is 1. The minimum Gasteiger partial charge on any atom is -0.478 e. The molecule has 0 atom stereocenters. The zero-order valence-corrected chi connectivity index (χ0v) is 9.45. The van der Waals surface area contributed by atoms with Gasteiger partial charge in [-0.3, -0.25) is 4.79 Å². The van der Waals surface area contributed by atoms with E-state index in [0.29, 0.717) is 0 Å². The smallest absolute Gasteiger partial charge is 0.337 e. The fourth-order valence-electron chi connectivity index (χ4n) is 1.64. The summed E-state index contributed by atoms with van der Waals surface area (Å²) in [7, 11) is -3.61. The number of carboxylic acids is 1. The molecular formula is C10H9NO5S. The minimum atomic E-state index is -3.61. The Morgan fingerprint density at radius 3 is 2.71 bits per heavy atom. The van der Waals surface area contributed by atoms with E-state index in [-0.39, 0.29) is 28.3 Å². The second kappa shape index (κ2) is 3.85. The van der Waals surface area contributed by atoms with Crippen molar-refractivity contribution in [2.45, 2.75) is 11.3 Å². The van der Waals surface area contributed by atoms with Gasteiger partial charge in [-0.25, -0.2) is 13.2 Å². The second-order valence-corrected chi connectivity index (χ2v) is 5.68. The number of para-hydroxylation sites is 1. The van der Waals surface area contributed by atoms with Crippen LogP contribution in [0, 0.1) is 0 Å². The lowest BCUT2D eigenvalue weighted by Crippen LogP contribution is -2.13. The first-order chi connectivity index (χ1) is 7.92. The number of sulfone groups is 1. The van der Waals surface area contributed by atoms with Crippen LogP contribution in [0.3, 0.4) is 0 Å². The standard InChI is InChI=1S/C10H9NO5S/c12-8-4-5-17(15,16)7-3-1-2-6(10(13)14)9(7)11-8/h1-3H,4-5H2,(H,11,12)(H,13,14). The number of aromatic carboxylic acids is 1. The maximum absolute atomic E-state index is 11.8. The van der Waals surface area contributed by atoms with E-state index in [1.165, 1.54) is 18.2 Å². The van der Waals surface area contributed by atoms with Crippen molar-refractivity contribution in [3.05, 3.63) is 23.8 Å². The fourth-order valence-corrected chi connectivity index (χ4v) is 3.07. The summed E-state index contributed by atoms with van der Waals surface area (Å²) in [5.41, 5.74) is -0.358. The number of fused-ring (bicyclic) bond motifs is 1. The molecule has 7 heteroatoms. The van der Waals surface area contributed by atoms with E-state index in [1.807, 2.05) is 0 Å². The summed E-state index contributed by atoms with van der Waals surface area (Å²) in [5, 5.41) is 11.3. The predicted molar refractivity (Wildman–Crippen MR) is 58.7 cm³/mol. The van der Waals surface area contributed by atoms with E-state index in [2.05, 4.69) is 5.32 Å². The SMILES string of the molecule is O=C1CCS(=O)(=O)c2cccc(C(=O)O)c2N1. The van der Waals surface area contributed by atoms with Crippen molar-refractivity contribution in [1.82, 2.24) is 0 Å². The molecule has 0 fully saturated rings. The molecule has 17 heavy (non-hydrogen) atoms. The molecule has 2 rings (SSSR count). The topological polar surface area (TPSA) is 101 Å². The van der Waals surface area contributed by atoms with E-state index in [0.717, 1.165) is 0 Å². The monoisotopic (exact) mass is 255 g/mol. The number of rotatable bonds is 1. The van der Waals surface area contributed by atoms with Crippen LogP contribution >= 0.6 is 0 Å². The maximum atomic E-state index is 11.8. The zero-order chi connectivity index (χ0) is 12.6. The molecule has 0 unspecified atom stereocenters. The van der Waals surface area contributed by atoms with Crippen molar-refractivity contribution in [1.29, 1.82) is 0 Å². The van der Waals surface area contributed by atoms with Gasteiger partial charge in [-0.15, -0.1) is 0 Å². The molecule has 1 amide bonds. The molecule has 1 aromatic rings. The summed E-state index contributed by atoms with van der Waals surface area (Å²) in [6.07, 6.45) is -0.171. The highest BCUT2D eigenvalue weighted by Gasteiger charge is 2.28. The molecule has 6 nitrogen and oxygen atoms in total. The van der Waals surface area contributed by atoms with Gasteiger partial charge >= 0.3 is 5.97 Å². The van der Waals surface area contributed by atoms with Gasteiger partial charge in [0.2, 0.25) is 5.91 Å². The molecule has 1 aromatic carbocycles. The third kappa shape index (κ3) is 2.01. The summed E-state index contributed by atoms with van der Waals surface area (Å²) < 4.78 is 23.7. The van der Waals surface area contributed by atoms with Crippen LogP contribution in [0.25, 0.3) is 0 Å². The van der Waals surface area contributed by atoms with Crippen molar-refractivity contribution in [2.75, 3.05) is 11.1 Å². The summed E-state index contributed by atoms with van der Waals surface area (Å²) >= 11 is 0. The maximum Gasteiger partial charge on any atom is 0.337 e. The van der Waals surface area contributed by atoms with E-state index >= 15 is 0 Å². The predicted octanol–water partition coefficient (Wildman–Crippen LogP) is 0.501. The Hall–Kier alpha value is -1.89. The number of carboxylic acid groups (broad SMARTS) is 1. The number of hydrogen-bond donors (Lipinski definition) is 2. The average Bonchev–Trinajstić information content (AvgIpc) is 2.36. The number of hydrogen-bond acceptors (Lipinski definition) is 4. The van der Waals surface area contributed by atoms with E-state index in [4.69, 9.17) is 5.11 Å². The van der Waals surface area contributed by atoms with Crippen LogP contribution in [0.1, 0.15) is 16.8 Å². The molecule has 0 aliphatic carbocycles. The van der Waals surface area contributed by atoms with Gasteiger partial charge in [0.25, 0.3) is 0 Å². The van der Waals surface area contributed by atoms with Crippen molar-refractivity contribution < 1.29 is 23.1 Å². The minimum absolute atomic E-state index is 0.136. The molecule has 1 heterocycles. The van der Waals surface area contributed by atoms with Gasteiger partial charge in [0, 0.05) is 6.42 Å². The Bertz CT molecular complexity index is 605. The highest BCUT2D eigenvalue weighted by molar-refractivity contribution is 7.91. The van der Waals surface area contributed by atoms with Crippen LogP contribution in [0.4, 0.5) is 5.69 Å². The molecule has 0 spiro atoms. The van der Waals surface area contributed by atoms with Crippen LogP contribution in [-0.2, 0) is 14.6 Å². The lowest BCUT2D eigenvalue weighted by molar-refractivity contribution is -0.115. The number of anilines is 1. The number of carbonyl (C=O) groups is 2. The Kier molecular flexibility index (Phi) is 2.62. The van der Waals surface area contributed by atoms with Gasteiger partial charge in [0.05, 0.1) is 21.9 Å². The van der Waals surface area contributed by atoms with E-state index < -0.39 is 21.7 Å². The van der Waals surface area contributed by atoms with Crippen molar-refractivity contribution in [3.63, 3.8) is 0 Å². The molecule has 1 aliphatic rings. The number of carbonyl (C=O) groups excluding carboxylic acids is 1. The lowest BCUT2D eigenvalue weighted by Gasteiger charge is -2.09. The van der Waals surface area contributed by atoms with Crippen LogP contribution in [0.2, 0.25) is 0 Å². The van der Waals surface area contributed by atoms with Crippen molar-refractivity contribution in [2.24, 2.45) is 0 Å². The lowest BCUT2D eigenvalue weighted by atomic mass is 10.1. The average molecular weight is 255 g/mol. The van der Waals surface area contributed by atoms with Crippen LogP contribution in [0.15, 0.2) is 23.1 Å². The molecule has 2 N–H and O–H groups in total. The molecule has 90 valence electrons. The van der Waals surface area contributed by atoms with Gasteiger partial charge < -0.3 is 10.4 Å². The van der Waals surface area contributed by atoms with Crippen molar-refractivity contribution >= 4 is 27.4 Å². The number of benzene rings is 1. The summed E-state index contributed by atoms with van der Waals surface area (Å²) in [6, 6.07) is 3.89. The van der Waals surface area contributed by atoms with Gasteiger partial charge in [-0.2, -0.15) is 0 Å². The van der Waals surface area contributed by atoms with Gasteiger partial charge in [0.1, 0.15) is 0 Å². The number of amides is 1. The molecule has 0 bridgehead atoms. The van der Waals surface area contributed by atoms with Crippen LogP contribution < -0.4 is 5.32 Å². The second-order valence-electron chi connectivity index (χ2n) is 3.60. The molecule has 1 aliphatic heterocycles. The Morgan fingerprint density at radius 2 is 2.06 bits per heavy atom. The van der Waals surface area contributed by atoms with Crippen LogP contribution in [0.5, 0.6) is 0 Å². The summed E-state index contributed by atoms with van der Waals surface area (Å²) in [5.74, 6) is -2.09. The first-order valence-corrected chi connectivity index (χ1v) is 6.46. The van der Waals surface area contributed by atoms with Crippen molar-refractivity contribution in [3.8, 4) is 0 Å². The quantitative estimate of drug-likeness (QED) is 0.761. The normalized spacial score (nSPS) is 17.8. The molecule has 0 saturated carbocycles. The highest BCUT2D eigenvalue weighted by Crippen LogP contribution is 2.29. The summed E-state index contributed by atoms with van der Waals surface area (Å²) in [6.45, 7) is 0. The third-order valence-corrected chi connectivity index (χ3v) is 4.21. The fraction of sp³-hybridized carbons (Fsp3) is 0.200. The zero-order valence-electron chi connectivity index (χ0n) is 8.63. The molecular weight excluding hydrogens is 246 g/mol. The van der Waals surface area contributed by atoms with E-state index in [9.17, 15) is 18.0 Å². The molecule has 0 aromatic heterocycles. The third-order valence-electron chi connectivity index (χ3n) is 2.45. The largest absolute Gasteiger partial charge is 0.478 e. The molecule has 0 saturated heterocycles. The first-order valence-electron chi connectivity index (χ1n) is 4.81. The van der Waals surface area contributed by atoms with Gasteiger partial charge in [-0.05, 0) is 12.1 Å². The Balaban J connectivity index is 2.75. The molecule has 0 radical (unpaired) electrons. The Labute approximate surface area is 97.2 Å². The van der Waals surface area contributed by atoms with Gasteiger partial charge in [-0.1, -0.05) is 6.07 Å². The van der Waals surface area contributed by atoms with Gasteiger partial charge in [0.15, 0.2) is 9.84 Å². The first kappa shape index (κ1) is 11.6. The van der Waals surface area contributed by atoms with E-state index in [1.54, 1.807) is 0 Å². The highest BCUT2D eigenvalue weighted by atomic mass is 32.2. The Morgan fingerprint density at radius 1 is 1.35 bits per heavy atom. The summed E-state index contributed by atoms with van der Waals surface area (Å²) in [4.78, 5) is 22.2.